The van der Waals surface area contributed by atoms with E-state index in [2.05, 4.69) is 24.0 Å². The van der Waals surface area contributed by atoms with Gasteiger partial charge in [-0.1, -0.05) is 31.2 Å². The van der Waals surface area contributed by atoms with Crippen molar-refractivity contribution in [1.29, 1.82) is 0 Å². The second-order valence-electron chi connectivity index (χ2n) is 7.05. The van der Waals surface area contributed by atoms with E-state index in [0.717, 1.165) is 30.5 Å². The van der Waals surface area contributed by atoms with Crippen LogP contribution in [-0.2, 0) is 16.6 Å². The van der Waals surface area contributed by atoms with Gasteiger partial charge in [0.25, 0.3) is 0 Å². The van der Waals surface area contributed by atoms with Gasteiger partial charge in [0.1, 0.15) is 5.52 Å². The maximum Gasteiger partial charge on any atom is 0.184 e. The lowest BCUT2D eigenvalue weighted by molar-refractivity contribution is -0.0503. The fourth-order valence-corrected chi connectivity index (χ4v) is 3.53. The number of hydrogen-bond acceptors (Lipinski definition) is 2. The molecule has 1 aliphatic rings. The number of benzene rings is 2. The molecule has 1 aliphatic heterocycles. The van der Waals surface area contributed by atoms with Gasteiger partial charge in [-0.05, 0) is 48.2 Å². The van der Waals surface area contributed by atoms with Crippen molar-refractivity contribution in [3.05, 3.63) is 76.5 Å². The number of aryl methyl sites for hydroxylation is 1. The minimum absolute atomic E-state index is 0.0456. The SMILES string of the molecule is Cc1nc2c(F)c(F)ccc2cc1Cc1ccccc1C1(C)COC1. The lowest BCUT2D eigenvalue weighted by Crippen LogP contribution is -2.44. The summed E-state index contributed by atoms with van der Waals surface area (Å²) >= 11 is 0. The molecule has 0 aliphatic carbocycles. The van der Waals surface area contributed by atoms with Crippen LogP contribution in [-0.4, -0.2) is 18.2 Å². The Kier molecular flexibility index (Phi) is 3.80. The molecule has 0 N–H and O–H groups in total. The van der Waals surface area contributed by atoms with Crippen LogP contribution in [0.25, 0.3) is 10.9 Å². The molecular formula is C21H19F2NO. The standard InChI is InChI=1S/C21H19F2NO/c1-13-16(10-15-7-8-18(22)19(23)20(15)24-13)9-14-5-3-4-6-17(14)21(2)11-25-12-21/h3-8,10H,9,11-12H2,1-2H3. The summed E-state index contributed by atoms with van der Waals surface area (Å²) in [4.78, 5) is 4.32. The van der Waals surface area contributed by atoms with Gasteiger partial charge in [0, 0.05) is 16.5 Å². The highest BCUT2D eigenvalue weighted by molar-refractivity contribution is 5.80. The smallest absolute Gasteiger partial charge is 0.184 e. The van der Waals surface area contributed by atoms with Crippen molar-refractivity contribution in [2.45, 2.75) is 25.7 Å². The molecule has 0 radical (unpaired) electrons. The summed E-state index contributed by atoms with van der Waals surface area (Å²) in [7, 11) is 0. The van der Waals surface area contributed by atoms with Crippen LogP contribution in [0.3, 0.4) is 0 Å². The van der Waals surface area contributed by atoms with Crippen molar-refractivity contribution < 1.29 is 13.5 Å². The van der Waals surface area contributed by atoms with E-state index >= 15 is 0 Å². The van der Waals surface area contributed by atoms with Gasteiger partial charge in [0.2, 0.25) is 0 Å². The van der Waals surface area contributed by atoms with Gasteiger partial charge in [-0.3, -0.25) is 0 Å². The molecule has 0 unspecified atom stereocenters. The van der Waals surface area contributed by atoms with Gasteiger partial charge in [-0.2, -0.15) is 0 Å². The predicted octanol–water partition coefficient (Wildman–Crippen LogP) is 4.70. The van der Waals surface area contributed by atoms with Crippen molar-refractivity contribution in [3.8, 4) is 0 Å². The van der Waals surface area contributed by atoms with E-state index in [9.17, 15) is 8.78 Å². The third-order valence-corrected chi connectivity index (χ3v) is 5.06. The molecule has 3 aromatic rings. The number of rotatable bonds is 3. The number of pyridine rings is 1. The van der Waals surface area contributed by atoms with Gasteiger partial charge in [-0.15, -0.1) is 0 Å². The Balaban J connectivity index is 1.77. The van der Waals surface area contributed by atoms with Crippen LogP contribution < -0.4 is 0 Å². The molecular weight excluding hydrogens is 320 g/mol. The molecule has 1 aromatic heterocycles. The minimum Gasteiger partial charge on any atom is -0.379 e. The van der Waals surface area contributed by atoms with Crippen molar-refractivity contribution in [3.63, 3.8) is 0 Å². The zero-order valence-corrected chi connectivity index (χ0v) is 14.3. The molecule has 1 fully saturated rings. The van der Waals surface area contributed by atoms with Crippen LogP contribution in [0.1, 0.15) is 29.3 Å². The maximum absolute atomic E-state index is 14.0. The fraction of sp³-hybridized carbons (Fsp3) is 0.286. The Morgan fingerprint density at radius 3 is 2.56 bits per heavy atom. The van der Waals surface area contributed by atoms with E-state index in [4.69, 9.17) is 4.74 Å². The number of nitrogens with zero attached hydrogens (tertiary/aromatic N) is 1. The van der Waals surface area contributed by atoms with Crippen LogP contribution in [0, 0.1) is 18.6 Å². The van der Waals surface area contributed by atoms with Crippen molar-refractivity contribution >= 4 is 10.9 Å². The highest BCUT2D eigenvalue weighted by Gasteiger charge is 2.36. The Labute approximate surface area is 145 Å². The topological polar surface area (TPSA) is 22.1 Å². The number of hydrogen-bond donors (Lipinski definition) is 0. The lowest BCUT2D eigenvalue weighted by atomic mass is 9.77. The Morgan fingerprint density at radius 2 is 1.84 bits per heavy atom. The normalized spacial score (nSPS) is 16.0. The first kappa shape index (κ1) is 16.2. The van der Waals surface area contributed by atoms with E-state index in [1.165, 1.54) is 11.1 Å². The Bertz CT molecular complexity index is 964. The second kappa shape index (κ2) is 5.88. The molecule has 128 valence electrons. The van der Waals surface area contributed by atoms with Gasteiger partial charge in [0.15, 0.2) is 11.6 Å². The number of ether oxygens (including phenoxy) is 1. The summed E-state index contributed by atoms with van der Waals surface area (Å²) in [6.07, 6.45) is 0.708. The predicted molar refractivity (Wildman–Crippen MR) is 93.8 cm³/mol. The van der Waals surface area contributed by atoms with Crippen molar-refractivity contribution in [2.24, 2.45) is 0 Å². The fourth-order valence-electron chi connectivity index (χ4n) is 3.53. The number of halogens is 2. The average Bonchev–Trinajstić information content (AvgIpc) is 2.58. The van der Waals surface area contributed by atoms with Crippen LogP contribution in [0.15, 0.2) is 42.5 Å². The average molecular weight is 339 g/mol. The lowest BCUT2D eigenvalue weighted by Gasteiger charge is -2.40. The summed E-state index contributed by atoms with van der Waals surface area (Å²) in [6.45, 7) is 5.50. The summed E-state index contributed by atoms with van der Waals surface area (Å²) in [5.74, 6) is -1.75. The molecule has 4 rings (SSSR count). The van der Waals surface area contributed by atoms with E-state index < -0.39 is 11.6 Å². The molecule has 0 atom stereocenters. The van der Waals surface area contributed by atoms with Crippen LogP contribution in [0.2, 0.25) is 0 Å². The molecule has 0 amide bonds. The Morgan fingerprint density at radius 1 is 1.08 bits per heavy atom. The molecule has 25 heavy (non-hydrogen) atoms. The first-order valence-electron chi connectivity index (χ1n) is 8.38. The number of fused-ring (bicyclic) bond motifs is 1. The summed E-state index contributed by atoms with van der Waals surface area (Å²) in [5.41, 5.74) is 4.39. The summed E-state index contributed by atoms with van der Waals surface area (Å²) in [5, 5.41) is 0.621. The zero-order chi connectivity index (χ0) is 17.6. The van der Waals surface area contributed by atoms with E-state index in [-0.39, 0.29) is 10.9 Å². The molecule has 2 nitrogen and oxygen atoms in total. The molecule has 0 spiro atoms. The van der Waals surface area contributed by atoms with Gasteiger partial charge in [-0.25, -0.2) is 13.8 Å². The second-order valence-corrected chi connectivity index (χ2v) is 7.05. The number of aromatic nitrogens is 1. The van der Waals surface area contributed by atoms with Gasteiger partial charge >= 0.3 is 0 Å². The molecule has 1 saturated heterocycles. The highest BCUT2D eigenvalue weighted by Crippen LogP contribution is 2.35. The highest BCUT2D eigenvalue weighted by atomic mass is 19.2. The third-order valence-electron chi connectivity index (χ3n) is 5.06. The molecule has 4 heteroatoms. The third kappa shape index (κ3) is 2.71. The molecule has 2 heterocycles. The Hall–Kier alpha value is -2.33. The van der Waals surface area contributed by atoms with Gasteiger partial charge in [0.05, 0.1) is 13.2 Å². The molecule has 0 bridgehead atoms. The van der Waals surface area contributed by atoms with Gasteiger partial charge < -0.3 is 4.74 Å². The first-order valence-corrected chi connectivity index (χ1v) is 8.38. The van der Waals surface area contributed by atoms with E-state index in [1.807, 2.05) is 25.1 Å². The first-order chi connectivity index (χ1) is 12.0. The zero-order valence-electron chi connectivity index (χ0n) is 14.3. The molecule has 0 saturated carbocycles. The van der Waals surface area contributed by atoms with Crippen LogP contribution >= 0.6 is 0 Å². The van der Waals surface area contributed by atoms with Crippen molar-refractivity contribution in [1.82, 2.24) is 4.98 Å². The monoisotopic (exact) mass is 339 g/mol. The largest absolute Gasteiger partial charge is 0.379 e. The molecule has 2 aromatic carbocycles. The van der Waals surface area contributed by atoms with E-state index in [1.54, 1.807) is 6.07 Å². The van der Waals surface area contributed by atoms with Crippen LogP contribution in [0.5, 0.6) is 0 Å². The minimum atomic E-state index is -0.883. The summed E-state index contributed by atoms with van der Waals surface area (Å²) in [6, 6.07) is 13.0. The quantitative estimate of drug-likeness (QED) is 0.690. The van der Waals surface area contributed by atoms with E-state index in [0.29, 0.717) is 11.8 Å². The summed E-state index contributed by atoms with van der Waals surface area (Å²) < 4.78 is 32.8. The van der Waals surface area contributed by atoms with Crippen LogP contribution in [0.4, 0.5) is 8.78 Å². The maximum atomic E-state index is 14.0. The van der Waals surface area contributed by atoms with Crippen molar-refractivity contribution in [2.75, 3.05) is 13.2 Å².